The molecule has 0 fully saturated rings. The van der Waals surface area contributed by atoms with Gasteiger partial charge in [0.15, 0.2) is 0 Å². The molecule has 0 saturated heterocycles. The smallest absolute Gasteiger partial charge is 0.282 e. The van der Waals surface area contributed by atoms with E-state index in [1.165, 1.54) is 12.1 Å². The van der Waals surface area contributed by atoms with Gasteiger partial charge in [0.2, 0.25) is 0 Å². The van der Waals surface area contributed by atoms with E-state index >= 15 is 0 Å². The van der Waals surface area contributed by atoms with Crippen molar-refractivity contribution in [2.75, 3.05) is 16.8 Å². The number of aryl methyl sites for hydroxylation is 1. The number of nitrogens with one attached hydrogen (secondary N) is 1. The summed E-state index contributed by atoms with van der Waals surface area (Å²) in [6.45, 7) is 6.59. The van der Waals surface area contributed by atoms with Crippen molar-refractivity contribution in [2.45, 2.75) is 20.8 Å². The van der Waals surface area contributed by atoms with Gasteiger partial charge in [0, 0.05) is 5.69 Å². The normalized spacial score (nSPS) is 13.8. The van der Waals surface area contributed by atoms with Crippen LogP contribution in [-0.4, -0.2) is 18.4 Å². The number of halogens is 1. The van der Waals surface area contributed by atoms with Gasteiger partial charge in [-0.25, -0.2) is 9.29 Å². The Bertz CT molecular complexity index is 1230. The number of nitrogens with zero attached hydrogens (tertiary/aromatic N) is 1. The van der Waals surface area contributed by atoms with Gasteiger partial charge in [-0.15, -0.1) is 0 Å². The first-order chi connectivity index (χ1) is 15.8. The highest BCUT2D eigenvalue weighted by Gasteiger charge is 2.40. The van der Waals surface area contributed by atoms with Crippen LogP contribution < -0.4 is 15.0 Å². The highest BCUT2D eigenvalue weighted by molar-refractivity contribution is 6.46. The number of anilines is 2. The molecule has 0 aromatic heterocycles. The molecule has 0 saturated carbocycles. The lowest BCUT2D eigenvalue weighted by Crippen LogP contribution is -2.32. The molecule has 2 amide bonds. The molecule has 4 rings (SSSR count). The molecule has 168 valence electrons. The summed E-state index contributed by atoms with van der Waals surface area (Å²) < 4.78 is 19.5. The van der Waals surface area contributed by atoms with E-state index in [1.54, 1.807) is 54.6 Å². The third kappa shape index (κ3) is 4.80. The van der Waals surface area contributed by atoms with Crippen molar-refractivity contribution in [3.8, 4) is 5.75 Å². The van der Waals surface area contributed by atoms with Gasteiger partial charge in [-0.2, -0.15) is 0 Å². The average Bonchev–Trinajstić information content (AvgIpc) is 3.02. The fraction of sp³-hybridized carbons (Fsp3) is 0.185. The van der Waals surface area contributed by atoms with Crippen molar-refractivity contribution in [1.29, 1.82) is 0 Å². The van der Waals surface area contributed by atoms with Gasteiger partial charge in [0.25, 0.3) is 11.8 Å². The van der Waals surface area contributed by atoms with Crippen LogP contribution in [0.1, 0.15) is 25.0 Å². The van der Waals surface area contributed by atoms with Gasteiger partial charge >= 0.3 is 0 Å². The Morgan fingerprint density at radius 3 is 2.33 bits per heavy atom. The number of carbonyl (C=O) groups excluding carboxylic acids is 2. The van der Waals surface area contributed by atoms with Crippen LogP contribution in [0.3, 0.4) is 0 Å². The topological polar surface area (TPSA) is 58.6 Å². The molecule has 1 N–H and O–H groups in total. The quantitative estimate of drug-likeness (QED) is 0.485. The van der Waals surface area contributed by atoms with Crippen LogP contribution in [0.4, 0.5) is 15.8 Å². The summed E-state index contributed by atoms with van der Waals surface area (Å²) in [6.07, 6.45) is 0. The van der Waals surface area contributed by atoms with E-state index in [2.05, 4.69) is 19.2 Å². The molecule has 3 aromatic rings. The average molecular weight is 445 g/mol. The molecule has 0 aliphatic carbocycles. The Balaban J connectivity index is 1.75. The van der Waals surface area contributed by atoms with Gasteiger partial charge in [0.1, 0.15) is 17.3 Å². The van der Waals surface area contributed by atoms with Gasteiger partial charge < -0.3 is 10.1 Å². The molecule has 0 atom stereocenters. The fourth-order valence-electron chi connectivity index (χ4n) is 3.61. The number of imide groups is 1. The second kappa shape index (κ2) is 9.28. The molecule has 0 spiro atoms. The minimum Gasteiger partial charge on any atom is -0.493 e. The minimum atomic E-state index is -0.495. The zero-order valence-corrected chi connectivity index (χ0v) is 18.8. The summed E-state index contributed by atoms with van der Waals surface area (Å²) in [4.78, 5) is 28.1. The van der Waals surface area contributed by atoms with E-state index in [0.717, 1.165) is 10.5 Å². The van der Waals surface area contributed by atoms with E-state index < -0.39 is 17.6 Å². The standard InChI is InChI=1S/C27H25FN2O3/c1-17(2)16-33-23-12-10-19(11-13-23)24-25(29-21-8-5-7-20(28)15-21)27(32)30(26(24)31)22-9-4-6-18(3)14-22/h4-15,17,29H,16H2,1-3H3. The summed E-state index contributed by atoms with van der Waals surface area (Å²) in [5.74, 6) is -0.321. The predicted molar refractivity (Wildman–Crippen MR) is 127 cm³/mol. The van der Waals surface area contributed by atoms with E-state index in [9.17, 15) is 14.0 Å². The molecule has 0 bridgehead atoms. The zero-order chi connectivity index (χ0) is 23.5. The summed E-state index contributed by atoms with van der Waals surface area (Å²) in [5, 5.41) is 2.98. The fourth-order valence-corrected chi connectivity index (χ4v) is 3.61. The Morgan fingerprint density at radius 1 is 0.939 bits per heavy atom. The monoisotopic (exact) mass is 444 g/mol. The van der Waals surface area contributed by atoms with Crippen LogP contribution in [-0.2, 0) is 9.59 Å². The number of amides is 2. The lowest BCUT2D eigenvalue weighted by Gasteiger charge is -2.16. The van der Waals surface area contributed by atoms with Gasteiger partial charge in [0.05, 0.1) is 17.9 Å². The first-order valence-electron chi connectivity index (χ1n) is 10.8. The first-order valence-corrected chi connectivity index (χ1v) is 10.8. The maximum atomic E-state index is 13.8. The Kier molecular flexibility index (Phi) is 6.27. The second-order valence-corrected chi connectivity index (χ2v) is 8.40. The molecule has 3 aromatic carbocycles. The number of benzene rings is 3. The van der Waals surface area contributed by atoms with Crippen molar-refractivity contribution >= 4 is 28.8 Å². The van der Waals surface area contributed by atoms with Crippen molar-refractivity contribution < 1.29 is 18.7 Å². The first kappa shape index (κ1) is 22.3. The summed E-state index contributed by atoms with van der Waals surface area (Å²) in [5.41, 5.74) is 2.68. The van der Waals surface area contributed by atoms with Crippen LogP contribution in [0.2, 0.25) is 0 Å². The van der Waals surface area contributed by atoms with E-state index in [-0.39, 0.29) is 11.3 Å². The molecule has 1 heterocycles. The molecular weight excluding hydrogens is 419 g/mol. The number of carbonyl (C=O) groups is 2. The third-order valence-corrected chi connectivity index (χ3v) is 5.16. The SMILES string of the molecule is Cc1cccc(N2C(=O)C(Nc3cccc(F)c3)=C(c3ccc(OCC(C)C)cc3)C2=O)c1. The summed E-state index contributed by atoms with van der Waals surface area (Å²) >= 11 is 0. The number of hydrogen-bond acceptors (Lipinski definition) is 4. The molecule has 0 unspecified atom stereocenters. The molecule has 0 radical (unpaired) electrons. The van der Waals surface area contributed by atoms with Crippen molar-refractivity contribution in [3.63, 3.8) is 0 Å². The molecule has 5 nitrogen and oxygen atoms in total. The summed E-state index contributed by atoms with van der Waals surface area (Å²) in [6, 6.07) is 20.0. The number of rotatable bonds is 7. The number of hydrogen-bond donors (Lipinski definition) is 1. The molecular formula is C27H25FN2O3. The highest BCUT2D eigenvalue weighted by atomic mass is 19.1. The van der Waals surface area contributed by atoms with Crippen LogP contribution in [0.5, 0.6) is 5.75 Å². The van der Waals surface area contributed by atoms with Crippen LogP contribution >= 0.6 is 0 Å². The third-order valence-electron chi connectivity index (χ3n) is 5.16. The van der Waals surface area contributed by atoms with Crippen LogP contribution in [0.15, 0.2) is 78.5 Å². The van der Waals surface area contributed by atoms with E-state index in [0.29, 0.717) is 35.2 Å². The van der Waals surface area contributed by atoms with Crippen LogP contribution in [0, 0.1) is 18.7 Å². The van der Waals surface area contributed by atoms with Gasteiger partial charge in [-0.3, -0.25) is 9.59 Å². The predicted octanol–water partition coefficient (Wildman–Crippen LogP) is 5.57. The van der Waals surface area contributed by atoms with E-state index in [4.69, 9.17) is 4.74 Å². The molecule has 6 heteroatoms. The highest BCUT2D eigenvalue weighted by Crippen LogP contribution is 2.34. The Labute approximate surface area is 192 Å². The Hall–Kier alpha value is -3.93. The zero-order valence-electron chi connectivity index (χ0n) is 18.8. The summed E-state index contributed by atoms with van der Waals surface area (Å²) in [7, 11) is 0. The largest absolute Gasteiger partial charge is 0.493 e. The Morgan fingerprint density at radius 2 is 1.67 bits per heavy atom. The van der Waals surface area contributed by atoms with Crippen LogP contribution in [0.25, 0.3) is 5.57 Å². The second-order valence-electron chi connectivity index (χ2n) is 8.40. The molecule has 1 aliphatic rings. The van der Waals surface area contributed by atoms with Gasteiger partial charge in [-0.1, -0.05) is 44.2 Å². The minimum absolute atomic E-state index is 0.1000. The van der Waals surface area contributed by atoms with Crippen molar-refractivity contribution in [1.82, 2.24) is 0 Å². The lowest BCUT2D eigenvalue weighted by atomic mass is 10.0. The van der Waals surface area contributed by atoms with Crippen molar-refractivity contribution in [2.24, 2.45) is 5.92 Å². The molecule has 1 aliphatic heterocycles. The maximum absolute atomic E-state index is 13.8. The van der Waals surface area contributed by atoms with E-state index in [1.807, 2.05) is 13.0 Å². The van der Waals surface area contributed by atoms with Crippen molar-refractivity contribution in [3.05, 3.63) is 95.4 Å². The number of ether oxygens (including phenoxy) is 1. The maximum Gasteiger partial charge on any atom is 0.282 e. The molecule has 33 heavy (non-hydrogen) atoms. The van der Waals surface area contributed by atoms with Gasteiger partial charge in [-0.05, 0) is 66.4 Å². The lowest BCUT2D eigenvalue weighted by molar-refractivity contribution is -0.120.